The van der Waals surface area contributed by atoms with Crippen LogP contribution in [0.2, 0.25) is 0 Å². The molecule has 1 spiro atoms. The Morgan fingerprint density at radius 3 is 1.63 bits per heavy atom. The van der Waals surface area contributed by atoms with E-state index in [1.165, 1.54) is 54.9 Å². The summed E-state index contributed by atoms with van der Waals surface area (Å²) in [5, 5.41) is 0. The van der Waals surface area contributed by atoms with E-state index in [0.29, 0.717) is 0 Å². The third-order valence-corrected chi connectivity index (χ3v) is 4.60. The molecule has 0 aromatic heterocycles. The van der Waals surface area contributed by atoms with Crippen LogP contribution in [-0.2, 0) is 0 Å². The van der Waals surface area contributed by atoms with E-state index in [4.69, 9.17) is 0 Å². The molecule has 1 saturated heterocycles. The predicted molar refractivity (Wildman–Crippen MR) is 76.9 cm³/mol. The largest absolute Gasteiger partial charge is 1.00 e. The number of piperidine rings is 1. The fourth-order valence-electron chi connectivity index (χ4n) is 3.81. The van der Waals surface area contributed by atoms with E-state index < -0.39 is 0 Å². The number of halogens is 1. The van der Waals surface area contributed by atoms with Crippen LogP contribution >= 0.6 is 0 Å². The summed E-state index contributed by atoms with van der Waals surface area (Å²) >= 11 is 0. The molecule has 2 heterocycles. The van der Waals surface area contributed by atoms with Crippen molar-refractivity contribution in [2.45, 2.75) is 19.3 Å². The lowest BCUT2D eigenvalue weighted by molar-refractivity contribution is -0.00000347. The quantitative estimate of drug-likeness (QED) is 0.646. The first-order chi connectivity index (χ1) is 8.92. The van der Waals surface area contributed by atoms with Gasteiger partial charge in [0.2, 0.25) is 0 Å². The maximum atomic E-state index is 2.33. The maximum absolute atomic E-state index is 2.33. The fraction of sp³-hybridized carbons (Fsp3) is 0.294. The van der Waals surface area contributed by atoms with Crippen LogP contribution in [0.3, 0.4) is 0 Å². The number of para-hydroxylation sites is 2. The van der Waals surface area contributed by atoms with Crippen LogP contribution in [0.5, 0.6) is 0 Å². The van der Waals surface area contributed by atoms with E-state index in [-0.39, 0.29) is 17.0 Å². The zero-order valence-corrected chi connectivity index (χ0v) is 12.6. The summed E-state index contributed by atoms with van der Waals surface area (Å²) in [4.78, 5) is 0. The van der Waals surface area contributed by atoms with Gasteiger partial charge < -0.3 is 17.0 Å². The highest BCUT2D eigenvalue weighted by atomic mass is 79.9. The van der Waals surface area contributed by atoms with Crippen LogP contribution in [-0.4, -0.2) is 13.1 Å². The molecular weight excluding hydrogens is 298 g/mol. The Morgan fingerprint density at radius 1 is 0.632 bits per heavy atom. The zero-order chi connectivity index (χ0) is 12.0. The summed E-state index contributed by atoms with van der Waals surface area (Å²) in [6.07, 6.45) is 4.09. The second-order valence-corrected chi connectivity index (χ2v) is 5.51. The van der Waals surface area contributed by atoms with Crippen molar-refractivity contribution >= 4 is 11.4 Å². The van der Waals surface area contributed by atoms with Crippen molar-refractivity contribution in [2.75, 3.05) is 13.1 Å². The Morgan fingerprint density at radius 2 is 1.11 bits per heavy atom. The summed E-state index contributed by atoms with van der Waals surface area (Å²) < 4.78 is 1.10. The standard InChI is InChI=1S/C17H18N.BrH/c1-6-12-18(13-7-1)16-10-4-2-8-14(16)15-9-3-5-11-17(15)18;/h2-5,8-11H,1,6-7,12-13H2;1H/q+1;/p-1. The number of rotatable bonds is 0. The van der Waals surface area contributed by atoms with Gasteiger partial charge in [-0.15, -0.1) is 0 Å². The topological polar surface area (TPSA) is 0 Å². The Hall–Kier alpha value is -1.12. The lowest BCUT2D eigenvalue weighted by atomic mass is 10.1. The van der Waals surface area contributed by atoms with E-state index >= 15 is 0 Å². The van der Waals surface area contributed by atoms with Gasteiger partial charge in [-0.05, 0) is 31.4 Å². The van der Waals surface area contributed by atoms with Gasteiger partial charge >= 0.3 is 0 Å². The van der Waals surface area contributed by atoms with Crippen molar-refractivity contribution in [3.05, 3.63) is 48.5 Å². The molecule has 1 fully saturated rings. The number of hydrogen-bond acceptors (Lipinski definition) is 0. The number of benzene rings is 2. The van der Waals surface area contributed by atoms with Gasteiger partial charge in [-0.25, -0.2) is 0 Å². The first-order valence-corrected chi connectivity index (χ1v) is 6.98. The molecule has 2 aliphatic heterocycles. The first-order valence-electron chi connectivity index (χ1n) is 6.98. The molecule has 0 aliphatic carbocycles. The van der Waals surface area contributed by atoms with Crippen LogP contribution in [0.15, 0.2) is 48.5 Å². The number of hydrogen-bond donors (Lipinski definition) is 0. The first kappa shape index (κ1) is 12.9. The Kier molecular flexibility index (Phi) is 3.23. The highest BCUT2D eigenvalue weighted by molar-refractivity contribution is 5.94. The third-order valence-electron chi connectivity index (χ3n) is 4.60. The minimum atomic E-state index is 0. The van der Waals surface area contributed by atoms with Crippen molar-refractivity contribution in [1.82, 2.24) is 4.48 Å². The van der Waals surface area contributed by atoms with Crippen molar-refractivity contribution in [2.24, 2.45) is 0 Å². The summed E-state index contributed by atoms with van der Waals surface area (Å²) in [7, 11) is 0. The van der Waals surface area contributed by atoms with Crippen molar-refractivity contribution in [3.63, 3.8) is 0 Å². The predicted octanol–water partition coefficient (Wildman–Crippen LogP) is 1.49. The molecule has 2 aromatic carbocycles. The molecule has 98 valence electrons. The summed E-state index contributed by atoms with van der Waals surface area (Å²) in [5.74, 6) is 0. The molecule has 1 nitrogen and oxygen atoms in total. The summed E-state index contributed by atoms with van der Waals surface area (Å²) in [5.41, 5.74) is 5.96. The van der Waals surface area contributed by atoms with Gasteiger partial charge in [-0.2, -0.15) is 0 Å². The van der Waals surface area contributed by atoms with E-state index in [0.717, 1.165) is 4.48 Å². The molecule has 2 aliphatic rings. The molecule has 2 heteroatoms. The SMILES string of the molecule is [Br-].c1ccc2c(c1)-c1ccccc1[N+]21CCCCC1. The minimum absolute atomic E-state index is 0. The smallest absolute Gasteiger partial charge is 0.146 e. The van der Waals surface area contributed by atoms with E-state index in [1.54, 1.807) is 0 Å². The zero-order valence-electron chi connectivity index (χ0n) is 11.0. The summed E-state index contributed by atoms with van der Waals surface area (Å²) in [6.45, 7) is 2.54. The molecule has 0 bridgehead atoms. The van der Waals surface area contributed by atoms with Gasteiger partial charge in [0, 0.05) is 23.3 Å². The van der Waals surface area contributed by atoms with Gasteiger partial charge in [0.05, 0.1) is 13.1 Å². The third kappa shape index (κ3) is 1.70. The van der Waals surface area contributed by atoms with Gasteiger partial charge in [-0.3, -0.25) is 4.48 Å². The molecule has 0 N–H and O–H groups in total. The number of quaternary nitrogens is 1. The van der Waals surface area contributed by atoms with E-state index in [2.05, 4.69) is 48.5 Å². The Bertz CT molecular complexity index is 552. The normalized spacial score (nSPS) is 18.5. The molecule has 19 heavy (non-hydrogen) atoms. The molecule has 0 radical (unpaired) electrons. The molecule has 2 aromatic rings. The number of fused-ring (bicyclic) bond motifs is 5. The fourth-order valence-corrected chi connectivity index (χ4v) is 3.81. The van der Waals surface area contributed by atoms with Gasteiger partial charge in [0.1, 0.15) is 11.4 Å². The molecule has 0 atom stereocenters. The lowest BCUT2D eigenvalue weighted by Gasteiger charge is -2.38. The molecule has 0 amide bonds. The highest BCUT2D eigenvalue weighted by Crippen LogP contribution is 2.53. The highest BCUT2D eigenvalue weighted by Gasteiger charge is 2.43. The van der Waals surface area contributed by atoms with Gasteiger partial charge in [0.15, 0.2) is 0 Å². The monoisotopic (exact) mass is 315 g/mol. The van der Waals surface area contributed by atoms with Crippen LogP contribution in [0, 0.1) is 0 Å². The van der Waals surface area contributed by atoms with Crippen LogP contribution in [0.25, 0.3) is 11.1 Å². The van der Waals surface area contributed by atoms with Gasteiger partial charge in [0.25, 0.3) is 0 Å². The Labute approximate surface area is 125 Å². The van der Waals surface area contributed by atoms with Crippen LogP contribution in [0.1, 0.15) is 19.3 Å². The van der Waals surface area contributed by atoms with E-state index in [9.17, 15) is 0 Å². The Balaban J connectivity index is 0.00000110. The maximum Gasteiger partial charge on any atom is 0.146 e. The molecular formula is C17H18BrN. The average molecular weight is 316 g/mol. The van der Waals surface area contributed by atoms with Gasteiger partial charge in [-0.1, -0.05) is 24.3 Å². The second kappa shape index (κ2) is 4.77. The number of nitrogens with zero attached hydrogens (tertiary/aromatic N) is 1. The van der Waals surface area contributed by atoms with E-state index in [1.807, 2.05) is 0 Å². The van der Waals surface area contributed by atoms with Crippen molar-refractivity contribution in [1.29, 1.82) is 0 Å². The summed E-state index contributed by atoms with van der Waals surface area (Å²) in [6, 6.07) is 18.0. The lowest BCUT2D eigenvalue weighted by Crippen LogP contribution is -3.00. The molecule has 0 unspecified atom stereocenters. The molecule has 4 rings (SSSR count). The second-order valence-electron chi connectivity index (χ2n) is 5.51. The van der Waals surface area contributed by atoms with Crippen LogP contribution in [0.4, 0.5) is 11.4 Å². The average Bonchev–Trinajstić information content (AvgIpc) is 2.72. The van der Waals surface area contributed by atoms with Crippen molar-refractivity contribution in [3.8, 4) is 11.1 Å². The molecule has 0 saturated carbocycles. The van der Waals surface area contributed by atoms with Crippen LogP contribution < -0.4 is 21.5 Å². The van der Waals surface area contributed by atoms with Crippen molar-refractivity contribution < 1.29 is 17.0 Å². The minimum Gasteiger partial charge on any atom is -1.00 e.